The number of amides is 1. The van der Waals surface area contributed by atoms with E-state index in [0.29, 0.717) is 16.7 Å². The molecule has 1 aliphatic heterocycles. The van der Waals surface area contributed by atoms with E-state index < -0.39 is 11.6 Å². The highest BCUT2D eigenvalue weighted by Gasteiger charge is 2.21. The maximum atomic E-state index is 14.3. The second-order valence-electron chi connectivity index (χ2n) is 7.66. The Balaban J connectivity index is 1.46. The van der Waals surface area contributed by atoms with Crippen molar-refractivity contribution in [2.45, 2.75) is 19.4 Å². The lowest BCUT2D eigenvalue weighted by atomic mass is 10.1. The summed E-state index contributed by atoms with van der Waals surface area (Å²) in [5.74, 6) is -1.87. The monoisotopic (exact) mass is 451 g/mol. The molecule has 1 amide bonds. The van der Waals surface area contributed by atoms with Crippen molar-refractivity contribution in [2.24, 2.45) is 0 Å². The van der Waals surface area contributed by atoms with Crippen LogP contribution in [0.2, 0.25) is 0 Å². The molecule has 0 unspecified atom stereocenters. The van der Waals surface area contributed by atoms with Gasteiger partial charge in [-0.05, 0) is 41.5 Å². The third-order valence-electron chi connectivity index (χ3n) is 5.51. The first kappa shape index (κ1) is 20.7. The number of carbonyl (C=O) groups is 1. The normalized spacial score (nSPS) is 13.6. The number of hydrogen-bond donors (Lipinski definition) is 1. The van der Waals surface area contributed by atoms with Crippen molar-refractivity contribution in [3.8, 4) is 28.2 Å². The molecular formula is C21H19F2N9O. The van der Waals surface area contributed by atoms with Gasteiger partial charge in [0.25, 0.3) is 0 Å². The Morgan fingerprint density at radius 3 is 2.76 bits per heavy atom. The van der Waals surface area contributed by atoms with Crippen molar-refractivity contribution in [3.63, 3.8) is 0 Å². The summed E-state index contributed by atoms with van der Waals surface area (Å²) in [6.07, 6.45) is 6.95. The number of halogens is 2. The SMILES string of the molecule is Nc1ncc(-c2cnn(CC(=O)N3CCCC3)c2)cc1-c1nnnn1-c1cccc(F)c1F. The van der Waals surface area contributed by atoms with Crippen LogP contribution < -0.4 is 5.73 Å². The van der Waals surface area contributed by atoms with Crippen molar-refractivity contribution in [1.82, 2.24) is 39.9 Å². The van der Waals surface area contributed by atoms with Crippen LogP contribution in [0.5, 0.6) is 0 Å². The van der Waals surface area contributed by atoms with E-state index in [4.69, 9.17) is 5.73 Å². The first-order valence-electron chi connectivity index (χ1n) is 10.3. The van der Waals surface area contributed by atoms with Crippen molar-refractivity contribution in [1.29, 1.82) is 0 Å². The van der Waals surface area contributed by atoms with E-state index in [1.54, 1.807) is 29.3 Å². The van der Waals surface area contributed by atoms with Crippen LogP contribution in [0.1, 0.15) is 12.8 Å². The van der Waals surface area contributed by atoms with Gasteiger partial charge in [-0.25, -0.2) is 13.8 Å². The Hall–Kier alpha value is -4.22. The molecule has 12 heteroatoms. The van der Waals surface area contributed by atoms with Crippen molar-refractivity contribution in [2.75, 3.05) is 18.8 Å². The molecule has 3 aromatic heterocycles. The highest BCUT2D eigenvalue weighted by atomic mass is 19.2. The molecular weight excluding hydrogens is 432 g/mol. The van der Waals surface area contributed by atoms with Gasteiger partial charge in [-0.15, -0.1) is 5.10 Å². The molecule has 10 nitrogen and oxygen atoms in total. The topological polar surface area (TPSA) is 121 Å². The van der Waals surface area contributed by atoms with Gasteiger partial charge < -0.3 is 10.6 Å². The summed E-state index contributed by atoms with van der Waals surface area (Å²) in [5.41, 5.74) is 7.58. The zero-order chi connectivity index (χ0) is 22.9. The molecule has 0 atom stereocenters. The number of nitrogens with zero attached hydrogens (tertiary/aromatic N) is 8. The predicted molar refractivity (Wildman–Crippen MR) is 114 cm³/mol. The number of hydrogen-bond acceptors (Lipinski definition) is 7. The molecule has 0 bridgehead atoms. The summed E-state index contributed by atoms with van der Waals surface area (Å²) < 4.78 is 30.7. The van der Waals surface area contributed by atoms with E-state index in [2.05, 4.69) is 25.6 Å². The van der Waals surface area contributed by atoms with Crippen LogP contribution in [0.4, 0.5) is 14.6 Å². The third kappa shape index (κ3) is 3.90. The molecule has 0 aliphatic carbocycles. The lowest BCUT2D eigenvalue weighted by Crippen LogP contribution is -2.31. The van der Waals surface area contributed by atoms with Gasteiger partial charge in [0.2, 0.25) is 5.91 Å². The molecule has 0 spiro atoms. The average Bonchev–Trinajstić information content (AvgIpc) is 3.58. The van der Waals surface area contributed by atoms with Gasteiger partial charge in [0.05, 0.1) is 11.8 Å². The van der Waals surface area contributed by atoms with Crippen LogP contribution in [-0.2, 0) is 11.3 Å². The molecule has 4 heterocycles. The van der Waals surface area contributed by atoms with Crippen LogP contribution in [0.25, 0.3) is 28.2 Å². The Morgan fingerprint density at radius 1 is 1.12 bits per heavy atom. The van der Waals surface area contributed by atoms with E-state index in [-0.39, 0.29) is 29.8 Å². The van der Waals surface area contributed by atoms with Crippen molar-refractivity contribution in [3.05, 3.63) is 54.5 Å². The van der Waals surface area contributed by atoms with Crippen LogP contribution in [0.15, 0.2) is 42.9 Å². The number of benzene rings is 1. The number of likely N-dealkylation sites (tertiary alicyclic amines) is 1. The number of nitrogens with two attached hydrogens (primary N) is 1. The number of rotatable bonds is 5. The largest absolute Gasteiger partial charge is 0.383 e. The summed E-state index contributed by atoms with van der Waals surface area (Å²) >= 11 is 0. The van der Waals surface area contributed by atoms with Crippen molar-refractivity contribution >= 4 is 11.7 Å². The van der Waals surface area contributed by atoms with E-state index in [9.17, 15) is 13.6 Å². The minimum atomic E-state index is -1.09. The second-order valence-corrected chi connectivity index (χ2v) is 7.66. The van der Waals surface area contributed by atoms with E-state index in [0.717, 1.165) is 36.7 Å². The van der Waals surface area contributed by atoms with Gasteiger partial charge in [0, 0.05) is 36.6 Å². The first-order chi connectivity index (χ1) is 16.0. The Labute approximate surface area is 186 Å². The second kappa shape index (κ2) is 8.37. The summed E-state index contributed by atoms with van der Waals surface area (Å²) in [4.78, 5) is 18.4. The number of anilines is 1. The number of carbonyl (C=O) groups excluding carboxylic acids is 1. The first-order valence-corrected chi connectivity index (χ1v) is 10.3. The smallest absolute Gasteiger partial charge is 0.244 e. The van der Waals surface area contributed by atoms with Gasteiger partial charge in [-0.2, -0.15) is 9.78 Å². The minimum Gasteiger partial charge on any atom is -0.383 e. The molecule has 33 heavy (non-hydrogen) atoms. The average molecular weight is 451 g/mol. The Morgan fingerprint density at radius 2 is 1.94 bits per heavy atom. The maximum absolute atomic E-state index is 14.3. The van der Waals surface area contributed by atoms with Gasteiger partial charge in [0.1, 0.15) is 18.1 Å². The van der Waals surface area contributed by atoms with Gasteiger partial charge in [-0.1, -0.05) is 6.07 Å². The fourth-order valence-electron chi connectivity index (χ4n) is 3.79. The van der Waals surface area contributed by atoms with Crippen LogP contribution in [-0.4, -0.2) is 58.9 Å². The molecule has 1 saturated heterocycles. The quantitative estimate of drug-likeness (QED) is 0.493. The predicted octanol–water partition coefficient (Wildman–Crippen LogP) is 2.07. The fourth-order valence-corrected chi connectivity index (χ4v) is 3.79. The maximum Gasteiger partial charge on any atom is 0.244 e. The minimum absolute atomic E-state index is 0.0227. The van der Waals surface area contributed by atoms with Gasteiger partial charge in [0.15, 0.2) is 17.5 Å². The van der Waals surface area contributed by atoms with E-state index in [1.165, 1.54) is 12.1 Å². The third-order valence-corrected chi connectivity index (χ3v) is 5.51. The Bertz CT molecular complexity index is 1330. The standard InChI is InChI=1S/C21H19F2N9O/c22-16-4-3-5-17(19(16)23)32-21(27-28-29-32)15-8-13(9-25-20(15)24)14-10-26-31(11-14)12-18(33)30-6-1-2-7-30/h3-5,8-11H,1-2,6-7,12H2,(H2,24,25). The summed E-state index contributed by atoms with van der Waals surface area (Å²) in [7, 11) is 0. The van der Waals surface area contributed by atoms with Crippen LogP contribution in [0, 0.1) is 11.6 Å². The zero-order valence-corrected chi connectivity index (χ0v) is 17.4. The lowest BCUT2D eigenvalue weighted by molar-refractivity contribution is -0.130. The zero-order valence-electron chi connectivity index (χ0n) is 17.4. The van der Waals surface area contributed by atoms with Crippen LogP contribution >= 0.6 is 0 Å². The number of nitrogen functional groups attached to an aromatic ring is 1. The molecule has 0 saturated carbocycles. The number of aromatic nitrogens is 7. The molecule has 1 fully saturated rings. The molecule has 1 aliphatic rings. The summed E-state index contributed by atoms with van der Waals surface area (Å²) in [6.45, 7) is 1.70. The van der Waals surface area contributed by atoms with Gasteiger partial charge in [-0.3, -0.25) is 9.48 Å². The Kier molecular flexibility index (Phi) is 5.24. The van der Waals surface area contributed by atoms with E-state index in [1.807, 2.05) is 4.90 Å². The molecule has 0 radical (unpaired) electrons. The number of pyridine rings is 1. The highest BCUT2D eigenvalue weighted by molar-refractivity contribution is 5.77. The summed E-state index contributed by atoms with van der Waals surface area (Å²) in [6, 6.07) is 5.40. The number of tetrazole rings is 1. The molecule has 168 valence electrons. The summed E-state index contributed by atoms with van der Waals surface area (Å²) in [5, 5.41) is 15.6. The highest BCUT2D eigenvalue weighted by Crippen LogP contribution is 2.30. The van der Waals surface area contributed by atoms with Crippen LogP contribution in [0.3, 0.4) is 0 Å². The van der Waals surface area contributed by atoms with Gasteiger partial charge >= 0.3 is 0 Å². The molecule has 4 aromatic rings. The molecule has 1 aromatic carbocycles. The molecule has 2 N–H and O–H groups in total. The van der Waals surface area contributed by atoms with E-state index >= 15 is 0 Å². The molecule has 5 rings (SSSR count). The lowest BCUT2D eigenvalue weighted by Gasteiger charge is -2.14. The van der Waals surface area contributed by atoms with Crippen molar-refractivity contribution < 1.29 is 13.6 Å². The fraction of sp³-hybridized carbons (Fsp3) is 0.238.